The average Bonchev–Trinajstić information content (AvgIpc) is 2.21. The van der Waals surface area contributed by atoms with Gasteiger partial charge in [-0.2, -0.15) is 0 Å². The first-order valence-electron chi connectivity index (χ1n) is 4.45. The number of aromatic nitrogens is 2. The summed E-state index contributed by atoms with van der Waals surface area (Å²) < 4.78 is 18.5. The first-order chi connectivity index (χ1) is 7.22. The van der Waals surface area contributed by atoms with Crippen LogP contribution in [0.5, 0.6) is 5.75 Å². The van der Waals surface area contributed by atoms with Gasteiger partial charge in [0.2, 0.25) is 0 Å². The van der Waals surface area contributed by atoms with Crippen LogP contribution in [-0.2, 0) is 0 Å². The van der Waals surface area contributed by atoms with Crippen LogP contribution in [-0.4, -0.2) is 16.6 Å². The molecule has 0 bridgehead atoms. The SMILES string of the molecule is CCOc1cc2c(Cl)ncnc2cc1F. The second-order valence-corrected chi connectivity index (χ2v) is 3.26. The van der Waals surface area contributed by atoms with Crippen LogP contribution >= 0.6 is 11.6 Å². The van der Waals surface area contributed by atoms with E-state index in [2.05, 4.69) is 9.97 Å². The van der Waals surface area contributed by atoms with Gasteiger partial charge >= 0.3 is 0 Å². The Balaban J connectivity index is 2.66. The van der Waals surface area contributed by atoms with E-state index in [0.29, 0.717) is 22.7 Å². The summed E-state index contributed by atoms with van der Waals surface area (Å²) in [5.41, 5.74) is 0.468. The lowest BCUT2D eigenvalue weighted by Crippen LogP contribution is -1.95. The molecule has 0 saturated carbocycles. The van der Waals surface area contributed by atoms with E-state index in [1.807, 2.05) is 0 Å². The lowest BCUT2D eigenvalue weighted by molar-refractivity contribution is 0.322. The molecular weight excluding hydrogens is 219 g/mol. The van der Waals surface area contributed by atoms with Gasteiger partial charge in [-0.3, -0.25) is 0 Å². The Morgan fingerprint density at radius 2 is 2.20 bits per heavy atom. The number of ether oxygens (including phenoxy) is 1. The van der Waals surface area contributed by atoms with Crippen LogP contribution < -0.4 is 4.74 Å². The first-order valence-corrected chi connectivity index (χ1v) is 4.82. The molecule has 0 aliphatic heterocycles. The molecular formula is C10H8ClFN2O. The monoisotopic (exact) mass is 226 g/mol. The van der Waals surface area contributed by atoms with Crippen LogP contribution in [0.15, 0.2) is 18.5 Å². The summed E-state index contributed by atoms with van der Waals surface area (Å²) >= 11 is 5.85. The minimum atomic E-state index is -0.445. The zero-order valence-electron chi connectivity index (χ0n) is 8.00. The number of fused-ring (bicyclic) bond motifs is 1. The smallest absolute Gasteiger partial charge is 0.167 e. The van der Waals surface area contributed by atoms with Crippen LogP contribution in [0.4, 0.5) is 4.39 Å². The van der Waals surface area contributed by atoms with Crippen molar-refractivity contribution in [2.24, 2.45) is 0 Å². The van der Waals surface area contributed by atoms with Crippen LogP contribution in [0, 0.1) is 5.82 Å². The highest BCUT2D eigenvalue weighted by atomic mass is 35.5. The van der Waals surface area contributed by atoms with Crippen molar-refractivity contribution >= 4 is 22.5 Å². The molecule has 0 aliphatic carbocycles. The maximum Gasteiger partial charge on any atom is 0.167 e. The Bertz CT molecular complexity index is 504. The summed E-state index contributed by atoms with van der Waals surface area (Å²) in [6.07, 6.45) is 1.30. The molecule has 15 heavy (non-hydrogen) atoms. The fourth-order valence-corrected chi connectivity index (χ4v) is 1.49. The fourth-order valence-electron chi connectivity index (χ4n) is 1.29. The summed E-state index contributed by atoms with van der Waals surface area (Å²) in [6, 6.07) is 2.80. The second kappa shape index (κ2) is 3.98. The highest BCUT2D eigenvalue weighted by Crippen LogP contribution is 2.27. The van der Waals surface area contributed by atoms with Crippen molar-refractivity contribution in [2.75, 3.05) is 6.61 Å². The molecule has 0 N–H and O–H groups in total. The molecule has 3 nitrogen and oxygen atoms in total. The van der Waals surface area contributed by atoms with Gasteiger partial charge in [0.05, 0.1) is 12.1 Å². The molecule has 5 heteroatoms. The quantitative estimate of drug-likeness (QED) is 0.739. The third-order valence-electron chi connectivity index (χ3n) is 1.94. The van der Waals surface area contributed by atoms with Gasteiger partial charge in [0, 0.05) is 11.5 Å². The predicted molar refractivity (Wildman–Crippen MR) is 55.7 cm³/mol. The first kappa shape index (κ1) is 10.1. The molecule has 0 fully saturated rings. The number of benzene rings is 1. The van der Waals surface area contributed by atoms with Crippen molar-refractivity contribution < 1.29 is 9.13 Å². The number of halogens is 2. The molecule has 0 spiro atoms. The van der Waals surface area contributed by atoms with E-state index in [4.69, 9.17) is 16.3 Å². The molecule has 1 aromatic heterocycles. The van der Waals surface area contributed by atoms with E-state index < -0.39 is 5.82 Å². The Hall–Kier alpha value is -1.42. The number of hydrogen-bond donors (Lipinski definition) is 0. The molecule has 2 rings (SSSR count). The van der Waals surface area contributed by atoms with E-state index in [-0.39, 0.29) is 5.75 Å². The Morgan fingerprint density at radius 1 is 1.40 bits per heavy atom. The van der Waals surface area contributed by atoms with Gasteiger partial charge in [-0.15, -0.1) is 0 Å². The maximum atomic E-state index is 13.4. The van der Waals surface area contributed by atoms with E-state index in [9.17, 15) is 4.39 Å². The van der Waals surface area contributed by atoms with Crippen molar-refractivity contribution in [1.82, 2.24) is 9.97 Å². The molecule has 0 radical (unpaired) electrons. The summed E-state index contributed by atoms with van der Waals surface area (Å²) in [4.78, 5) is 7.73. The number of rotatable bonds is 2. The van der Waals surface area contributed by atoms with E-state index in [1.165, 1.54) is 18.5 Å². The molecule has 2 aromatic rings. The van der Waals surface area contributed by atoms with Crippen molar-refractivity contribution in [3.63, 3.8) is 0 Å². The zero-order chi connectivity index (χ0) is 10.8. The van der Waals surface area contributed by atoms with Crippen molar-refractivity contribution in [3.05, 3.63) is 29.4 Å². The molecule has 0 amide bonds. The highest BCUT2D eigenvalue weighted by Gasteiger charge is 2.08. The molecule has 0 unspecified atom stereocenters. The van der Waals surface area contributed by atoms with Crippen LogP contribution in [0.25, 0.3) is 10.9 Å². The third kappa shape index (κ3) is 1.85. The predicted octanol–water partition coefficient (Wildman–Crippen LogP) is 2.82. The largest absolute Gasteiger partial charge is 0.491 e. The van der Waals surface area contributed by atoms with Crippen LogP contribution in [0.1, 0.15) is 6.92 Å². The van der Waals surface area contributed by atoms with Gasteiger partial charge in [0.25, 0.3) is 0 Å². The van der Waals surface area contributed by atoms with Crippen molar-refractivity contribution in [3.8, 4) is 5.75 Å². The topological polar surface area (TPSA) is 35.0 Å². The fraction of sp³-hybridized carbons (Fsp3) is 0.200. The average molecular weight is 227 g/mol. The van der Waals surface area contributed by atoms with Gasteiger partial charge in [-0.05, 0) is 13.0 Å². The van der Waals surface area contributed by atoms with E-state index in [0.717, 1.165) is 0 Å². The van der Waals surface area contributed by atoms with Crippen molar-refractivity contribution in [1.29, 1.82) is 0 Å². The number of nitrogens with zero attached hydrogens (tertiary/aromatic N) is 2. The normalized spacial score (nSPS) is 10.6. The van der Waals surface area contributed by atoms with Gasteiger partial charge < -0.3 is 4.74 Å². The summed E-state index contributed by atoms with van der Waals surface area (Å²) in [5.74, 6) is -0.277. The highest BCUT2D eigenvalue weighted by molar-refractivity contribution is 6.34. The Morgan fingerprint density at radius 3 is 2.93 bits per heavy atom. The zero-order valence-corrected chi connectivity index (χ0v) is 8.75. The van der Waals surface area contributed by atoms with Crippen LogP contribution in [0.2, 0.25) is 5.15 Å². The third-order valence-corrected chi connectivity index (χ3v) is 2.24. The van der Waals surface area contributed by atoms with Crippen LogP contribution in [0.3, 0.4) is 0 Å². The summed E-state index contributed by atoms with van der Waals surface area (Å²) in [5, 5.41) is 0.880. The molecule has 1 heterocycles. The van der Waals surface area contributed by atoms with Crippen molar-refractivity contribution in [2.45, 2.75) is 6.92 Å². The standard InChI is InChI=1S/C10H8ClFN2O/c1-2-15-9-3-6-8(4-7(9)12)13-5-14-10(6)11/h3-5H,2H2,1H3. The van der Waals surface area contributed by atoms with Gasteiger partial charge in [0.1, 0.15) is 11.5 Å². The van der Waals surface area contributed by atoms with Gasteiger partial charge in [-0.25, -0.2) is 14.4 Å². The lowest BCUT2D eigenvalue weighted by atomic mass is 10.2. The molecule has 1 aromatic carbocycles. The minimum Gasteiger partial charge on any atom is -0.491 e. The summed E-state index contributed by atoms with van der Waals surface area (Å²) in [7, 11) is 0. The Labute approximate surface area is 90.9 Å². The molecule has 0 atom stereocenters. The second-order valence-electron chi connectivity index (χ2n) is 2.90. The Kier molecular flexibility index (Phi) is 2.68. The lowest BCUT2D eigenvalue weighted by Gasteiger charge is -2.06. The maximum absolute atomic E-state index is 13.4. The van der Waals surface area contributed by atoms with Gasteiger partial charge in [0.15, 0.2) is 11.6 Å². The summed E-state index contributed by atoms with van der Waals surface area (Å²) in [6.45, 7) is 2.18. The minimum absolute atomic E-state index is 0.168. The molecule has 0 aliphatic rings. The molecule has 78 valence electrons. The number of hydrogen-bond acceptors (Lipinski definition) is 3. The molecule has 0 saturated heterocycles. The van der Waals surface area contributed by atoms with E-state index in [1.54, 1.807) is 6.92 Å². The van der Waals surface area contributed by atoms with E-state index >= 15 is 0 Å². The van der Waals surface area contributed by atoms with Gasteiger partial charge in [-0.1, -0.05) is 11.6 Å².